The molecule has 98 valence electrons. The van der Waals surface area contributed by atoms with Gasteiger partial charge in [-0.1, -0.05) is 13.0 Å². The van der Waals surface area contributed by atoms with Crippen molar-refractivity contribution < 1.29 is 0 Å². The largest absolute Gasteiger partial charge is 0.303 e. The van der Waals surface area contributed by atoms with Crippen molar-refractivity contribution in [3.05, 3.63) is 40.3 Å². The molecule has 2 rings (SSSR count). The van der Waals surface area contributed by atoms with Gasteiger partial charge in [-0.15, -0.1) is 11.3 Å². The molecule has 1 unspecified atom stereocenters. The molecule has 1 N–H and O–H groups in total. The molecule has 0 aliphatic rings. The van der Waals surface area contributed by atoms with E-state index in [4.69, 9.17) is 0 Å². The predicted octanol–water partition coefficient (Wildman–Crippen LogP) is 3.77. The first kappa shape index (κ1) is 13.3. The van der Waals surface area contributed by atoms with Crippen molar-refractivity contribution in [2.24, 2.45) is 0 Å². The van der Waals surface area contributed by atoms with Gasteiger partial charge in [-0.05, 0) is 37.8 Å². The fourth-order valence-corrected chi connectivity index (χ4v) is 2.81. The van der Waals surface area contributed by atoms with Gasteiger partial charge in [0.05, 0.1) is 5.69 Å². The van der Waals surface area contributed by atoms with E-state index in [1.54, 1.807) is 0 Å². The molecule has 0 spiro atoms. The molecule has 4 heteroatoms. The molecule has 18 heavy (non-hydrogen) atoms. The Hall–Kier alpha value is -1.13. The molecule has 0 bridgehead atoms. The maximum absolute atomic E-state index is 4.55. The van der Waals surface area contributed by atoms with Crippen LogP contribution in [-0.4, -0.2) is 9.78 Å². The molecule has 1 atom stereocenters. The van der Waals surface area contributed by atoms with E-state index in [9.17, 15) is 0 Å². The predicted molar refractivity (Wildman–Crippen MR) is 76.8 cm³/mol. The van der Waals surface area contributed by atoms with Gasteiger partial charge in [-0.3, -0.25) is 4.68 Å². The molecule has 2 aromatic rings. The van der Waals surface area contributed by atoms with E-state index in [0.717, 1.165) is 18.7 Å². The summed E-state index contributed by atoms with van der Waals surface area (Å²) in [5.74, 6) is 0. The summed E-state index contributed by atoms with van der Waals surface area (Å²) in [7, 11) is 0. The molecule has 0 fully saturated rings. The Morgan fingerprint density at radius 2 is 2.22 bits per heavy atom. The lowest BCUT2D eigenvalue weighted by atomic mass is 10.2. The Morgan fingerprint density at radius 1 is 1.39 bits per heavy atom. The molecule has 0 aliphatic heterocycles. The Labute approximate surface area is 113 Å². The minimum Gasteiger partial charge on any atom is -0.303 e. The van der Waals surface area contributed by atoms with Gasteiger partial charge >= 0.3 is 0 Å². The monoisotopic (exact) mass is 263 g/mol. The van der Waals surface area contributed by atoms with Crippen LogP contribution in [0.1, 0.15) is 49.8 Å². The summed E-state index contributed by atoms with van der Waals surface area (Å²) in [6.07, 6.45) is 3.15. The average molecular weight is 263 g/mol. The number of thiophene rings is 1. The minimum atomic E-state index is 0.429. The topological polar surface area (TPSA) is 29.9 Å². The van der Waals surface area contributed by atoms with Crippen LogP contribution in [0.4, 0.5) is 0 Å². The highest BCUT2D eigenvalue weighted by Gasteiger charge is 2.10. The van der Waals surface area contributed by atoms with Crippen molar-refractivity contribution in [2.45, 2.75) is 45.8 Å². The van der Waals surface area contributed by atoms with Crippen LogP contribution in [0.5, 0.6) is 0 Å². The van der Waals surface area contributed by atoms with Gasteiger partial charge in [-0.25, -0.2) is 0 Å². The maximum Gasteiger partial charge on any atom is 0.0762 e. The van der Waals surface area contributed by atoms with E-state index in [0.29, 0.717) is 12.1 Å². The fraction of sp³-hybridized carbons (Fsp3) is 0.500. The Morgan fingerprint density at radius 3 is 2.78 bits per heavy atom. The van der Waals surface area contributed by atoms with Crippen molar-refractivity contribution in [3.8, 4) is 0 Å². The molecule has 0 amide bonds. The number of hydrogen-bond donors (Lipinski definition) is 1. The molecule has 3 nitrogen and oxygen atoms in total. The third-order valence-electron chi connectivity index (χ3n) is 3.02. The van der Waals surface area contributed by atoms with E-state index in [2.05, 4.69) is 54.8 Å². The van der Waals surface area contributed by atoms with Gasteiger partial charge in [0.2, 0.25) is 0 Å². The lowest BCUT2D eigenvalue weighted by molar-refractivity contribution is 0.497. The van der Waals surface area contributed by atoms with Crippen molar-refractivity contribution in [1.29, 1.82) is 0 Å². The summed E-state index contributed by atoms with van der Waals surface area (Å²) >= 11 is 1.81. The smallest absolute Gasteiger partial charge is 0.0762 e. The van der Waals surface area contributed by atoms with Crippen molar-refractivity contribution >= 4 is 11.3 Å². The zero-order chi connectivity index (χ0) is 13.0. The molecule has 0 saturated heterocycles. The lowest BCUT2D eigenvalue weighted by Gasteiger charge is -2.14. The number of aromatic nitrogens is 2. The average Bonchev–Trinajstić information content (AvgIpc) is 3.00. The second kappa shape index (κ2) is 6.16. The first-order chi connectivity index (χ1) is 8.70. The Balaban J connectivity index is 1.93. The second-order valence-corrected chi connectivity index (χ2v) is 5.72. The summed E-state index contributed by atoms with van der Waals surface area (Å²) < 4.78 is 2.00. The number of nitrogens with zero attached hydrogens (tertiary/aromatic N) is 2. The summed E-state index contributed by atoms with van der Waals surface area (Å²) in [4.78, 5) is 1.40. The maximum atomic E-state index is 4.55. The first-order valence-corrected chi connectivity index (χ1v) is 7.39. The Bertz CT molecular complexity index is 459. The molecular weight excluding hydrogens is 242 g/mol. The highest BCUT2D eigenvalue weighted by Crippen LogP contribution is 2.21. The van der Waals surface area contributed by atoms with Gasteiger partial charge in [-0.2, -0.15) is 5.10 Å². The van der Waals surface area contributed by atoms with Gasteiger partial charge < -0.3 is 5.32 Å². The van der Waals surface area contributed by atoms with Crippen LogP contribution >= 0.6 is 11.3 Å². The zero-order valence-electron chi connectivity index (χ0n) is 11.3. The SMILES string of the molecule is CCC(NCc1ccn(C(C)C)n1)c1cccs1. The van der Waals surface area contributed by atoms with E-state index in [1.807, 2.05) is 22.2 Å². The van der Waals surface area contributed by atoms with Crippen LogP contribution in [0.2, 0.25) is 0 Å². The van der Waals surface area contributed by atoms with Crippen molar-refractivity contribution in [2.75, 3.05) is 0 Å². The molecule has 2 heterocycles. The normalized spacial score (nSPS) is 13.1. The van der Waals surface area contributed by atoms with E-state index >= 15 is 0 Å². The van der Waals surface area contributed by atoms with Crippen LogP contribution in [0.25, 0.3) is 0 Å². The van der Waals surface area contributed by atoms with Crippen LogP contribution in [0.3, 0.4) is 0 Å². The summed E-state index contributed by atoms with van der Waals surface area (Å²) in [6, 6.07) is 7.26. The molecule has 2 aromatic heterocycles. The lowest BCUT2D eigenvalue weighted by Crippen LogP contribution is -2.19. The molecule has 0 radical (unpaired) electrons. The summed E-state index contributed by atoms with van der Waals surface area (Å²) in [5.41, 5.74) is 1.11. The van der Waals surface area contributed by atoms with Crippen molar-refractivity contribution in [3.63, 3.8) is 0 Å². The highest BCUT2D eigenvalue weighted by molar-refractivity contribution is 7.10. The number of nitrogens with one attached hydrogen (secondary N) is 1. The second-order valence-electron chi connectivity index (χ2n) is 4.74. The van der Waals surface area contributed by atoms with E-state index < -0.39 is 0 Å². The van der Waals surface area contributed by atoms with Gasteiger partial charge in [0, 0.05) is 29.7 Å². The van der Waals surface area contributed by atoms with Gasteiger partial charge in [0.15, 0.2) is 0 Å². The van der Waals surface area contributed by atoms with Gasteiger partial charge in [0.1, 0.15) is 0 Å². The molecule has 0 aromatic carbocycles. The highest BCUT2D eigenvalue weighted by atomic mass is 32.1. The summed E-state index contributed by atoms with van der Waals surface area (Å²) in [5, 5.41) is 10.3. The zero-order valence-corrected chi connectivity index (χ0v) is 12.1. The first-order valence-electron chi connectivity index (χ1n) is 6.51. The van der Waals surface area contributed by atoms with Crippen LogP contribution in [-0.2, 0) is 6.54 Å². The number of hydrogen-bond acceptors (Lipinski definition) is 3. The van der Waals surface area contributed by atoms with Gasteiger partial charge in [0.25, 0.3) is 0 Å². The standard InChI is InChI=1S/C14H21N3S/c1-4-13(14-6-5-9-18-14)15-10-12-7-8-17(16-12)11(2)3/h5-9,11,13,15H,4,10H2,1-3H3. The molecule has 0 saturated carbocycles. The Kier molecular flexibility index (Phi) is 4.55. The molecular formula is C14H21N3S. The third kappa shape index (κ3) is 3.21. The van der Waals surface area contributed by atoms with Crippen LogP contribution in [0, 0.1) is 0 Å². The van der Waals surface area contributed by atoms with Crippen LogP contribution in [0.15, 0.2) is 29.8 Å². The number of rotatable bonds is 6. The van der Waals surface area contributed by atoms with Crippen LogP contribution < -0.4 is 5.32 Å². The minimum absolute atomic E-state index is 0.429. The fourth-order valence-electron chi connectivity index (χ4n) is 1.92. The summed E-state index contributed by atoms with van der Waals surface area (Å²) in [6.45, 7) is 7.33. The van der Waals surface area contributed by atoms with Crippen molar-refractivity contribution in [1.82, 2.24) is 15.1 Å². The quantitative estimate of drug-likeness (QED) is 0.860. The van der Waals surface area contributed by atoms with E-state index in [1.165, 1.54) is 4.88 Å². The van der Waals surface area contributed by atoms with E-state index in [-0.39, 0.29) is 0 Å². The molecule has 0 aliphatic carbocycles. The third-order valence-corrected chi connectivity index (χ3v) is 4.00.